The Kier molecular flexibility index (Phi) is 4.74. The van der Waals surface area contributed by atoms with Crippen LogP contribution in [0.4, 0.5) is 4.79 Å². The lowest BCUT2D eigenvalue weighted by Gasteiger charge is -2.37. The monoisotopic (exact) mass is 304 g/mol. The maximum absolute atomic E-state index is 12.3. The van der Waals surface area contributed by atoms with Gasteiger partial charge in [-0.2, -0.15) is 0 Å². The molecule has 1 fully saturated rings. The van der Waals surface area contributed by atoms with E-state index in [0.717, 1.165) is 5.56 Å². The second-order valence-corrected chi connectivity index (χ2v) is 6.83. The third-order valence-electron chi connectivity index (χ3n) is 3.78. The van der Waals surface area contributed by atoms with Crippen molar-refractivity contribution in [3.05, 3.63) is 35.9 Å². The first-order chi connectivity index (χ1) is 10.3. The lowest BCUT2D eigenvalue weighted by molar-refractivity contribution is -0.123. The molecule has 1 heterocycles. The van der Waals surface area contributed by atoms with E-state index in [1.807, 2.05) is 51.1 Å². The van der Waals surface area contributed by atoms with Crippen LogP contribution in [0.5, 0.6) is 0 Å². The number of ether oxygens (including phenoxy) is 1. The Morgan fingerprint density at radius 2 is 1.82 bits per heavy atom. The van der Waals surface area contributed by atoms with E-state index < -0.39 is 5.60 Å². The summed E-state index contributed by atoms with van der Waals surface area (Å²) in [6.45, 7) is 6.36. The fraction of sp³-hybridized carbons (Fsp3) is 0.529. The smallest absolute Gasteiger partial charge is 0.410 e. The molecule has 2 amide bonds. The molecule has 1 aliphatic heterocycles. The number of carbonyl (C=O) groups is 2. The van der Waals surface area contributed by atoms with Crippen molar-refractivity contribution in [1.29, 1.82) is 0 Å². The summed E-state index contributed by atoms with van der Waals surface area (Å²) >= 11 is 0. The van der Waals surface area contributed by atoms with E-state index in [1.54, 1.807) is 4.90 Å². The van der Waals surface area contributed by atoms with Crippen molar-refractivity contribution in [2.45, 2.75) is 38.7 Å². The number of nitrogens with two attached hydrogens (primary N) is 1. The van der Waals surface area contributed by atoms with Crippen molar-refractivity contribution < 1.29 is 14.3 Å². The lowest BCUT2D eigenvalue weighted by Crippen LogP contribution is -2.48. The zero-order valence-electron chi connectivity index (χ0n) is 13.4. The summed E-state index contributed by atoms with van der Waals surface area (Å²) in [4.78, 5) is 25.5. The first-order valence-corrected chi connectivity index (χ1v) is 7.58. The topological polar surface area (TPSA) is 72.6 Å². The van der Waals surface area contributed by atoms with Gasteiger partial charge >= 0.3 is 6.09 Å². The van der Waals surface area contributed by atoms with Gasteiger partial charge in [-0.1, -0.05) is 30.3 Å². The molecule has 1 aliphatic rings. The van der Waals surface area contributed by atoms with E-state index in [9.17, 15) is 9.59 Å². The second kappa shape index (κ2) is 6.38. The Labute approximate surface area is 131 Å². The zero-order chi connectivity index (χ0) is 16.3. The van der Waals surface area contributed by atoms with Gasteiger partial charge in [-0.3, -0.25) is 4.79 Å². The summed E-state index contributed by atoms with van der Waals surface area (Å²) in [5.41, 5.74) is 6.04. The Bertz CT molecular complexity index is 537. The molecule has 5 heteroatoms. The zero-order valence-corrected chi connectivity index (χ0v) is 13.4. The number of nitrogens with zero attached hydrogens (tertiary/aromatic N) is 1. The average molecular weight is 304 g/mol. The van der Waals surface area contributed by atoms with Crippen LogP contribution >= 0.6 is 0 Å². The van der Waals surface area contributed by atoms with Crippen molar-refractivity contribution in [1.82, 2.24) is 4.90 Å². The molecule has 0 bridgehead atoms. The molecule has 2 unspecified atom stereocenters. The maximum Gasteiger partial charge on any atom is 0.410 e. The van der Waals surface area contributed by atoms with Crippen molar-refractivity contribution in [3.8, 4) is 0 Å². The minimum atomic E-state index is -0.557. The summed E-state index contributed by atoms with van der Waals surface area (Å²) in [6.07, 6.45) is 0.276. The molecule has 0 spiro atoms. The molecule has 2 N–H and O–H groups in total. The fourth-order valence-corrected chi connectivity index (χ4v) is 2.75. The van der Waals surface area contributed by atoms with Crippen LogP contribution in [0.25, 0.3) is 0 Å². The molecule has 2 atom stereocenters. The van der Waals surface area contributed by atoms with Crippen molar-refractivity contribution in [2.24, 2.45) is 11.7 Å². The largest absolute Gasteiger partial charge is 0.444 e. The maximum atomic E-state index is 12.3. The van der Waals surface area contributed by atoms with Gasteiger partial charge in [-0.25, -0.2) is 4.79 Å². The second-order valence-electron chi connectivity index (χ2n) is 6.83. The number of hydrogen-bond acceptors (Lipinski definition) is 3. The quantitative estimate of drug-likeness (QED) is 0.912. The summed E-state index contributed by atoms with van der Waals surface area (Å²) < 4.78 is 5.42. The van der Waals surface area contributed by atoms with Crippen molar-refractivity contribution in [3.63, 3.8) is 0 Å². The lowest BCUT2D eigenvalue weighted by atomic mass is 9.84. The number of carbonyl (C=O) groups excluding carboxylic acids is 2. The highest BCUT2D eigenvalue weighted by atomic mass is 16.6. The number of hydrogen-bond donors (Lipinski definition) is 1. The first-order valence-electron chi connectivity index (χ1n) is 7.58. The van der Waals surface area contributed by atoms with Gasteiger partial charge in [0.2, 0.25) is 5.91 Å². The summed E-state index contributed by atoms with van der Waals surface area (Å²) in [7, 11) is 0. The Morgan fingerprint density at radius 1 is 1.18 bits per heavy atom. The average Bonchev–Trinajstić information content (AvgIpc) is 2.46. The molecule has 0 saturated carbocycles. The number of likely N-dealkylation sites (tertiary alicyclic amines) is 1. The molecule has 5 nitrogen and oxygen atoms in total. The minimum absolute atomic E-state index is 0.0972. The highest BCUT2D eigenvalue weighted by molar-refractivity contribution is 5.78. The SMILES string of the molecule is CC(C)(C)OC(=O)N1CC(C(N)=O)CC(c2ccccc2)C1. The van der Waals surface area contributed by atoms with E-state index in [0.29, 0.717) is 19.5 Å². The van der Waals surface area contributed by atoms with Crippen molar-refractivity contribution >= 4 is 12.0 Å². The van der Waals surface area contributed by atoms with Gasteiger partial charge in [-0.05, 0) is 32.8 Å². The van der Waals surface area contributed by atoms with E-state index >= 15 is 0 Å². The van der Waals surface area contributed by atoms with Crippen LogP contribution in [0, 0.1) is 5.92 Å². The van der Waals surface area contributed by atoms with Crippen LogP contribution in [-0.2, 0) is 9.53 Å². The molecule has 1 saturated heterocycles. The van der Waals surface area contributed by atoms with E-state index in [4.69, 9.17) is 10.5 Å². The molecular weight excluding hydrogens is 280 g/mol. The van der Waals surface area contributed by atoms with Gasteiger partial charge in [0, 0.05) is 19.0 Å². The molecule has 1 aromatic carbocycles. The highest BCUT2D eigenvalue weighted by Gasteiger charge is 2.35. The number of amides is 2. The number of rotatable bonds is 2. The molecule has 2 rings (SSSR count). The predicted molar refractivity (Wildman–Crippen MR) is 84.3 cm³/mol. The molecule has 0 aliphatic carbocycles. The normalized spacial score (nSPS) is 22.2. The summed E-state index contributed by atoms with van der Waals surface area (Å²) in [6, 6.07) is 9.90. The Morgan fingerprint density at radius 3 is 2.36 bits per heavy atom. The molecule has 22 heavy (non-hydrogen) atoms. The first kappa shape index (κ1) is 16.3. The van der Waals surface area contributed by atoms with Crippen LogP contribution in [0.3, 0.4) is 0 Å². The highest BCUT2D eigenvalue weighted by Crippen LogP contribution is 2.31. The van der Waals surface area contributed by atoms with Crippen molar-refractivity contribution in [2.75, 3.05) is 13.1 Å². The van der Waals surface area contributed by atoms with Crippen LogP contribution in [0.15, 0.2) is 30.3 Å². The molecular formula is C17H24N2O3. The fourth-order valence-electron chi connectivity index (χ4n) is 2.75. The summed E-state index contributed by atoms with van der Waals surface area (Å²) in [5, 5.41) is 0. The van der Waals surface area contributed by atoms with Gasteiger partial charge in [0.15, 0.2) is 0 Å². The molecule has 1 aromatic rings. The third-order valence-corrected chi connectivity index (χ3v) is 3.78. The standard InChI is InChI=1S/C17H24N2O3/c1-17(2,3)22-16(21)19-10-13(9-14(11-19)15(18)20)12-7-5-4-6-8-12/h4-8,13-14H,9-11H2,1-3H3,(H2,18,20). The van der Waals surface area contributed by atoms with E-state index in [-0.39, 0.29) is 23.8 Å². The van der Waals surface area contributed by atoms with Gasteiger partial charge in [-0.15, -0.1) is 0 Å². The molecule has 120 valence electrons. The number of primary amides is 1. The molecule has 0 radical (unpaired) electrons. The van der Waals surface area contributed by atoms with Gasteiger partial charge in [0.25, 0.3) is 0 Å². The van der Waals surface area contributed by atoms with Crippen LogP contribution in [0.2, 0.25) is 0 Å². The van der Waals surface area contributed by atoms with Crippen LogP contribution < -0.4 is 5.73 Å². The Hall–Kier alpha value is -2.04. The molecule has 0 aromatic heterocycles. The van der Waals surface area contributed by atoms with E-state index in [1.165, 1.54) is 0 Å². The van der Waals surface area contributed by atoms with Gasteiger partial charge < -0.3 is 15.4 Å². The predicted octanol–water partition coefficient (Wildman–Crippen LogP) is 2.51. The third kappa shape index (κ3) is 4.23. The number of benzene rings is 1. The number of piperidine rings is 1. The Balaban J connectivity index is 2.17. The van der Waals surface area contributed by atoms with Crippen LogP contribution in [-0.4, -0.2) is 35.6 Å². The summed E-state index contributed by atoms with van der Waals surface area (Å²) in [5.74, 6) is -0.611. The van der Waals surface area contributed by atoms with E-state index in [2.05, 4.69) is 0 Å². The minimum Gasteiger partial charge on any atom is -0.444 e. The van der Waals surface area contributed by atoms with Crippen LogP contribution in [0.1, 0.15) is 38.7 Å². The van der Waals surface area contributed by atoms with Gasteiger partial charge in [0.05, 0.1) is 5.92 Å². The van der Waals surface area contributed by atoms with Gasteiger partial charge in [0.1, 0.15) is 5.60 Å².